The molecule has 1 rings (SSSR count). The van der Waals surface area contributed by atoms with Gasteiger partial charge in [-0.3, -0.25) is 10.1 Å². The predicted octanol–water partition coefficient (Wildman–Crippen LogP) is 3.10. The second-order valence-electron chi connectivity index (χ2n) is 4.78. The Bertz CT molecular complexity index is 546. The van der Waals surface area contributed by atoms with Gasteiger partial charge in [-0.05, 0) is 36.5 Å². The Morgan fingerprint density at radius 3 is 2.52 bits per heavy atom. The summed E-state index contributed by atoms with van der Waals surface area (Å²) in [6, 6.07) is 5.30. The van der Waals surface area contributed by atoms with Gasteiger partial charge in [-0.25, -0.2) is 0 Å². The van der Waals surface area contributed by atoms with Crippen LogP contribution in [0, 0.1) is 27.4 Å². The van der Waals surface area contributed by atoms with Gasteiger partial charge in [0.1, 0.15) is 5.75 Å². The van der Waals surface area contributed by atoms with Crippen molar-refractivity contribution in [3.8, 4) is 5.75 Å². The van der Waals surface area contributed by atoms with Crippen molar-refractivity contribution in [3.05, 3.63) is 34.4 Å². The van der Waals surface area contributed by atoms with E-state index in [1.54, 1.807) is 0 Å². The van der Waals surface area contributed by atoms with Gasteiger partial charge in [-0.1, -0.05) is 13.8 Å². The summed E-state index contributed by atoms with van der Waals surface area (Å²) in [4.78, 5) is 20.0. The largest absolute Gasteiger partial charge is 0.432 e. The molecule has 0 spiro atoms. The van der Waals surface area contributed by atoms with E-state index in [1.165, 1.54) is 30.5 Å². The van der Waals surface area contributed by atoms with E-state index in [1.807, 2.05) is 13.8 Å². The van der Waals surface area contributed by atoms with Crippen molar-refractivity contribution < 1.29 is 18.9 Å². The lowest BCUT2D eigenvalue weighted by Crippen LogP contribution is -2.15. The van der Waals surface area contributed by atoms with E-state index in [9.17, 15) is 15.0 Å². The molecule has 7 nitrogen and oxygen atoms in total. The summed E-state index contributed by atoms with van der Waals surface area (Å²) in [7, 11) is -3.30. The molecule has 3 unspecified atom stereocenters. The van der Waals surface area contributed by atoms with Crippen molar-refractivity contribution in [2.75, 3.05) is 6.61 Å². The number of non-ortho nitro benzene ring substituents is 1. The van der Waals surface area contributed by atoms with Crippen molar-refractivity contribution in [1.29, 1.82) is 5.41 Å². The van der Waals surface area contributed by atoms with Crippen LogP contribution in [0.25, 0.3) is 0 Å². The highest BCUT2D eigenvalue weighted by atomic mass is 31.2. The Labute approximate surface area is 123 Å². The minimum Gasteiger partial charge on any atom is -0.432 e. The van der Waals surface area contributed by atoms with E-state index in [4.69, 9.17) is 14.5 Å². The van der Waals surface area contributed by atoms with Crippen LogP contribution in [0.2, 0.25) is 0 Å². The number of nitrogens with one attached hydrogen (secondary N) is 1. The topological polar surface area (TPSA) is 106 Å². The Morgan fingerprint density at radius 2 is 2.05 bits per heavy atom. The van der Waals surface area contributed by atoms with E-state index >= 15 is 0 Å². The van der Waals surface area contributed by atoms with Crippen LogP contribution in [-0.2, 0) is 4.52 Å². The normalized spacial score (nSPS) is 16.5. The first-order chi connectivity index (χ1) is 9.75. The van der Waals surface area contributed by atoms with Crippen molar-refractivity contribution in [2.45, 2.75) is 13.8 Å². The van der Waals surface area contributed by atoms with Gasteiger partial charge in [0.2, 0.25) is 0 Å². The number of nitro groups is 1. The molecule has 116 valence electrons. The van der Waals surface area contributed by atoms with Crippen LogP contribution in [0.4, 0.5) is 5.69 Å². The molecule has 3 atom stereocenters. The van der Waals surface area contributed by atoms with Gasteiger partial charge in [0.25, 0.3) is 13.3 Å². The van der Waals surface area contributed by atoms with Gasteiger partial charge < -0.3 is 19.4 Å². The lowest BCUT2D eigenvalue weighted by atomic mass is 9.99. The highest BCUT2D eigenvalue weighted by molar-refractivity contribution is 7.59. The maximum Gasteiger partial charge on any atom is 0.300 e. The summed E-state index contributed by atoms with van der Waals surface area (Å²) in [5.74, 6) is 0.305. The second-order valence-corrected chi connectivity index (χ2v) is 6.49. The minimum atomic E-state index is -3.30. The zero-order valence-corrected chi connectivity index (χ0v) is 12.8. The third kappa shape index (κ3) is 5.67. The van der Waals surface area contributed by atoms with Crippen LogP contribution in [0.15, 0.2) is 24.3 Å². The zero-order chi connectivity index (χ0) is 16.0. The van der Waals surface area contributed by atoms with Crippen LogP contribution in [0.1, 0.15) is 13.8 Å². The van der Waals surface area contributed by atoms with Gasteiger partial charge in [0.15, 0.2) is 0 Å². The Hall–Kier alpha value is -1.69. The lowest BCUT2D eigenvalue weighted by Gasteiger charge is -2.22. The maximum atomic E-state index is 10.5. The first kappa shape index (κ1) is 17.4. The molecule has 8 heteroatoms. The molecular formula is C13H19N2O5P. The van der Waals surface area contributed by atoms with Gasteiger partial charge in [-0.2, -0.15) is 0 Å². The molecule has 1 aromatic rings. The zero-order valence-electron chi connectivity index (χ0n) is 11.9. The quantitative estimate of drug-likeness (QED) is 0.332. The molecule has 21 heavy (non-hydrogen) atoms. The Balaban J connectivity index is 2.61. The molecular weight excluding hydrogens is 295 g/mol. The minimum absolute atomic E-state index is 0.0179. The summed E-state index contributed by atoms with van der Waals surface area (Å²) >= 11 is 0. The third-order valence-electron chi connectivity index (χ3n) is 3.00. The van der Waals surface area contributed by atoms with E-state index in [2.05, 4.69) is 6.30 Å². The molecule has 0 amide bonds. The summed E-state index contributed by atoms with van der Waals surface area (Å²) in [5.41, 5.74) is -0.0670. The third-order valence-corrected chi connectivity index (χ3v) is 4.04. The number of hydrogen-bond donors (Lipinski definition) is 2. The molecule has 0 radical (unpaired) electrons. The fourth-order valence-corrected chi connectivity index (χ4v) is 2.34. The molecule has 0 saturated heterocycles. The van der Waals surface area contributed by atoms with Gasteiger partial charge in [0.05, 0.1) is 11.5 Å². The smallest absolute Gasteiger partial charge is 0.300 e. The summed E-state index contributed by atoms with van der Waals surface area (Å²) in [6.07, 6.45) is 4.82. The second kappa shape index (κ2) is 7.36. The number of benzene rings is 1. The molecule has 2 N–H and O–H groups in total. The molecule has 0 bridgehead atoms. The van der Waals surface area contributed by atoms with E-state index in [0.29, 0.717) is 0 Å². The van der Waals surface area contributed by atoms with Crippen LogP contribution in [0.5, 0.6) is 5.75 Å². The van der Waals surface area contributed by atoms with Gasteiger partial charge in [-0.15, -0.1) is 0 Å². The molecule has 0 aliphatic rings. The SMILES string of the molecule is C=P(O)(OCC(C)C(C)C=N)Oc1ccc([N+](=O)[O-])cc1. The average molecular weight is 314 g/mol. The first-order valence-electron chi connectivity index (χ1n) is 6.30. The lowest BCUT2D eigenvalue weighted by molar-refractivity contribution is -0.384. The predicted molar refractivity (Wildman–Crippen MR) is 83.0 cm³/mol. The van der Waals surface area contributed by atoms with Crippen molar-refractivity contribution >= 4 is 25.8 Å². The summed E-state index contributed by atoms with van der Waals surface area (Å²) in [5, 5.41) is 17.7. The molecule has 1 aromatic carbocycles. The molecule has 0 aliphatic heterocycles. The van der Waals surface area contributed by atoms with Crippen LogP contribution >= 0.6 is 7.57 Å². The fraction of sp³-hybridized carbons (Fsp3) is 0.385. The Morgan fingerprint density at radius 1 is 1.48 bits per heavy atom. The molecule has 0 aliphatic carbocycles. The molecule has 0 saturated carbocycles. The number of hydrogen-bond acceptors (Lipinski definition) is 6. The highest BCUT2D eigenvalue weighted by Gasteiger charge is 2.18. The maximum absolute atomic E-state index is 10.5. The van der Waals surface area contributed by atoms with Crippen LogP contribution in [0.3, 0.4) is 0 Å². The summed E-state index contributed by atoms with van der Waals surface area (Å²) < 4.78 is 10.5. The number of rotatable bonds is 8. The van der Waals surface area contributed by atoms with E-state index in [-0.39, 0.29) is 29.9 Å². The van der Waals surface area contributed by atoms with Crippen LogP contribution < -0.4 is 4.52 Å². The van der Waals surface area contributed by atoms with Crippen LogP contribution in [-0.4, -0.2) is 28.9 Å². The first-order valence-corrected chi connectivity index (χ1v) is 8.07. The number of nitro benzene ring substituents is 1. The molecule has 0 heterocycles. The summed E-state index contributed by atoms with van der Waals surface area (Å²) in [6.45, 7) is 3.97. The fourth-order valence-electron chi connectivity index (χ4n) is 1.37. The van der Waals surface area contributed by atoms with Crippen molar-refractivity contribution in [3.63, 3.8) is 0 Å². The average Bonchev–Trinajstić information content (AvgIpc) is 2.44. The van der Waals surface area contributed by atoms with Gasteiger partial charge >= 0.3 is 0 Å². The highest BCUT2D eigenvalue weighted by Crippen LogP contribution is 2.44. The molecule has 0 fully saturated rings. The van der Waals surface area contributed by atoms with E-state index < -0.39 is 12.5 Å². The monoisotopic (exact) mass is 314 g/mol. The Kier molecular flexibility index (Phi) is 6.08. The number of nitrogens with zero attached hydrogens (tertiary/aromatic N) is 1. The standard InChI is InChI=1S/C13H19N2O5P/c1-10(8-14)11(2)9-19-21(3,18)20-13-6-4-12(5-7-13)15(16)17/h4-8,10-11,14,18H,3,9H2,1-2H3. The van der Waals surface area contributed by atoms with Crippen molar-refractivity contribution in [1.82, 2.24) is 0 Å². The molecule has 0 aromatic heterocycles. The van der Waals surface area contributed by atoms with E-state index in [0.717, 1.165) is 0 Å². The van der Waals surface area contributed by atoms with Gasteiger partial charge in [0, 0.05) is 12.1 Å². The van der Waals surface area contributed by atoms with Crippen molar-refractivity contribution in [2.24, 2.45) is 11.8 Å².